The average Bonchev–Trinajstić information content (AvgIpc) is 2.56. The Bertz CT molecular complexity index is 749. The quantitative estimate of drug-likeness (QED) is 0.609. The third kappa shape index (κ3) is 4.73. The molecule has 6 nitrogen and oxygen atoms in total. The number of carbonyl (C=O) groups is 1. The summed E-state index contributed by atoms with van der Waals surface area (Å²) in [5.74, 6) is 1.12. The number of aryl methyl sites for hydroxylation is 1. The molecule has 0 saturated heterocycles. The minimum atomic E-state index is -0.508. The summed E-state index contributed by atoms with van der Waals surface area (Å²) in [6.07, 6.45) is 0. The highest BCUT2D eigenvalue weighted by molar-refractivity contribution is 7.99. The molecule has 0 aliphatic carbocycles. The standard InChI is InChI=1S/C17H18N2O4S/c1-12-5-3-4-6-13(12)10-24-11-17(20)18-15-8-7-14(19(21)22)9-16(15)23-2/h3-9H,10-11H2,1-2H3,(H,18,20). The van der Waals surface area contributed by atoms with E-state index in [-0.39, 0.29) is 23.1 Å². The Morgan fingerprint density at radius 2 is 2.04 bits per heavy atom. The summed E-state index contributed by atoms with van der Waals surface area (Å²) in [7, 11) is 1.40. The molecule has 0 bridgehead atoms. The van der Waals surface area contributed by atoms with Gasteiger partial charge in [0.2, 0.25) is 5.91 Å². The Labute approximate surface area is 144 Å². The lowest BCUT2D eigenvalue weighted by Gasteiger charge is -2.10. The molecule has 0 aliphatic heterocycles. The Morgan fingerprint density at radius 1 is 1.29 bits per heavy atom. The number of anilines is 1. The van der Waals surface area contributed by atoms with E-state index in [0.717, 1.165) is 5.75 Å². The molecule has 0 aliphatic rings. The van der Waals surface area contributed by atoms with E-state index in [4.69, 9.17) is 4.74 Å². The number of benzene rings is 2. The van der Waals surface area contributed by atoms with E-state index in [2.05, 4.69) is 5.32 Å². The Hall–Kier alpha value is -2.54. The SMILES string of the molecule is COc1cc([N+](=O)[O-])ccc1NC(=O)CSCc1ccccc1C. The number of rotatable bonds is 7. The van der Waals surface area contributed by atoms with Gasteiger partial charge in [-0.05, 0) is 24.1 Å². The van der Waals surface area contributed by atoms with Crippen LogP contribution < -0.4 is 10.1 Å². The van der Waals surface area contributed by atoms with Crippen molar-refractivity contribution in [2.45, 2.75) is 12.7 Å². The van der Waals surface area contributed by atoms with Crippen molar-refractivity contribution in [3.05, 3.63) is 63.7 Å². The number of thioether (sulfide) groups is 1. The fourth-order valence-corrected chi connectivity index (χ4v) is 3.01. The molecule has 1 amide bonds. The summed E-state index contributed by atoms with van der Waals surface area (Å²) < 4.78 is 5.10. The summed E-state index contributed by atoms with van der Waals surface area (Å²) in [4.78, 5) is 22.3. The largest absolute Gasteiger partial charge is 0.494 e. The topological polar surface area (TPSA) is 81.5 Å². The second kappa shape index (κ2) is 8.35. The van der Waals surface area contributed by atoms with Gasteiger partial charge in [0.05, 0.1) is 29.5 Å². The van der Waals surface area contributed by atoms with Crippen molar-refractivity contribution >= 4 is 29.0 Å². The maximum atomic E-state index is 12.1. The first kappa shape index (κ1) is 17.8. The highest BCUT2D eigenvalue weighted by atomic mass is 32.2. The van der Waals surface area contributed by atoms with Crippen LogP contribution in [-0.4, -0.2) is 23.7 Å². The molecule has 7 heteroatoms. The third-order valence-electron chi connectivity index (χ3n) is 3.42. The van der Waals surface area contributed by atoms with Gasteiger partial charge in [-0.2, -0.15) is 0 Å². The minimum Gasteiger partial charge on any atom is -0.494 e. The third-order valence-corrected chi connectivity index (χ3v) is 4.40. The summed E-state index contributed by atoms with van der Waals surface area (Å²) >= 11 is 1.51. The van der Waals surface area contributed by atoms with Crippen LogP contribution in [0.2, 0.25) is 0 Å². The molecule has 0 heterocycles. The minimum absolute atomic E-state index is 0.0845. The molecule has 126 valence electrons. The number of hydrogen-bond donors (Lipinski definition) is 1. The molecule has 0 aromatic heterocycles. The molecular formula is C17H18N2O4S. The molecule has 2 aromatic rings. The van der Waals surface area contributed by atoms with Crippen LogP contribution in [0.25, 0.3) is 0 Å². The zero-order chi connectivity index (χ0) is 17.5. The Kier molecular flexibility index (Phi) is 6.20. The van der Waals surface area contributed by atoms with Gasteiger partial charge in [0.25, 0.3) is 5.69 Å². The average molecular weight is 346 g/mol. The van der Waals surface area contributed by atoms with Crippen molar-refractivity contribution in [3.8, 4) is 5.75 Å². The first-order chi connectivity index (χ1) is 11.5. The Balaban J connectivity index is 1.92. The van der Waals surface area contributed by atoms with Crippen LogP contribution >= 0.6 is 11.8 Å². The van der Waals surface area contributed by atoms with Gasteiger partial charge in [-0.25, -0.2) is 0 Å². The molecule has 0 saturated carbocycles. The van der Waals surface area contributed by atoms with Gasteiger partial charge in [0.15, 0.2) is 0 Å². The highest BCUT2D eigenvalue weighted by Gasteiger charge is 2.13. The number of ether oxygens (including phenoxy) is 1. The number of nitrogens with zero attached hydrogens (tertiary/aromatic N) is 1. The number of nitrogens with one attached hydrogen (secondary N) is 1. The molecule has 0 spiro atoms. The van der Waals surface area contributed by atoms with E-state index in [0.29, 0.717) is 5.69 Å². The van der Waals surface area contributed by atoms with Gasteiger partial charge in [-0.3, -0.25) is 14.9 Å². The van der Waals surface area contributed by atoms with Crippen molar-refractivity contribution in [1.29, 1.82) is 0 Å². The zero-order valence-corrected chi connectivity index (χ0v) is 14.3. The molecule has 2 aromatic carbocycles. The van der Waals surface area contributed by atoms with Gasteiger partial charge in [0.1, 0.15) is 5.75 Å². The molecule has 24 heavy (non-hydrogen) atoms. The molecule has 0 fully saturated rings. The van der Waals surface area contributed by atoms with E-state index in [1.807, 2.05) is 31.2 Å². The fraction of sp³-hybridized carbons (Fsp3) is 0.235. The van der Waals surface area contributed by atoms with Crippen LogP contribution in [0.3, 0.4) is 0 Å². The number of methoxy groups -OCH3 is 1. The van der Waals surface area contributed by atoms with E-state index >= 15 is 0 Å². The number of non-ortho nitro benzene ring substituents is 1. The number of hydrogen-bond acceptors (Lipinski definition) is 5. The van der Waals surface area contributed by atoms with Gasteiger partial charge in [0, 0.05) is 11.8 Å². The second-order valence-corrected chi connectivity index (χ2v) is 6.09. The smallest absolute Gasteiger partial charge is 0.273 e. The van der Waals surface area contributed by atoms with Crippen LogP contribution in [0.1, 0.15) is 11.1 Å². The van der Waals surface area contributed by atoms with Gasteiger partial charge in [-0.1, -0.05) is 24.3 Å². The molecule has 2 rings (SSSR count). The van der Waals surface area contributed by atoms with Crippen molar-refractivity contribution in [1.82, 2.24) is 0 Å². The van der Waals surface area contributed by atoms with Crippen molar-refractivity contribution in [2.75, 3.05) is 18.2 Å². The van der Waals surface area contributed by atoms with Crippen LogP contribution in [-0.2, 0) is 10.5 Å². The van der Waals surface area contributed by atoms with Crippen molar-refractivity contribution in [2.24, 2.45) is 0 Å². The maximum absolute atomic E-state index is 12.1. The van der Waals surface area contributed by atoms with Crippen molar-refractivity contribution < 1.29 is 14.5 Å². The van der Waals surface area contributed by atoms with Crippen LogP contribution in [0.15, 0.2) is 42.5 Å². The summed E-state index contributed by atoms with van der Waals surface area (Å²) in [6, 6.07) is 12.1. The predicted molar refractivity (Wildman–Crippen MR) is 95.6 cm³/mol. The van der Waals surface area contributed by atoms with Gasteiger partial charge in [-0.15, -0.1) is 11.8 Å². The first-order valence-corrected chi connectivity index (χ1v) is 8.41. The van der Waals surface area contributed by atoms with E-state index in [1.54, 1.807) is 0 Å². The van der Waals surface area contributed by atoms with Crippen LogP contribution in [0.4, 0.5) is 11.4 Å². The lowest BCUT2D eigenvalue weighted by molar-refractivity contribution is -0.384. The summed E-state index contributed by atoms with van der Waals surface area (Å²) in [6.45, 7) is 2.04. The molecule has 0 atom stereocenters. The number of nitro benzene ring substituents is 1. The van der Waals surface area contributed by atoms with E-state index < -0.39 is 4.92 Å². The fourth-order valence-electron chi connectivity index (χ4n) is 2.11. The van der Waals surface area contributed by atoms with Gasteiger partial charge >= 0.3 is 0 Å². The molecular weight excluding hydrogens is 328 g/mol. The second-order valence-electron chi connectivity index (χ2n) is 5.11. The number of nitro groups is 1. The Morgan fingerprint density at radius 3 is 2.71 bits per heavy atom. The lowest BCUT2D eigenvalue weighted by atomic mass is 10.1. The van der Waals surface area contributed by atoms with Crippen LogP contribution in [0, 0.1) is 17.0 Å². The molecule has 0 radical (unpaired) electrons. The first-order valence-electron chi connectivity index (χ1n) is 7.26. The predicted octanol–water partition coefficient (Wildman–Crippen LogP) is 3.78. The lowest BCUT2D eigenvalue weighted by Crippen LogP contribution is -2.15. The summed E-state index contributed by atoms with van der Waals surface area (Å²) in [5, 5.41) is 13.5. The number of carbonyl (C=O) groups excluding carboxylic acids is 1. The zero-order valence-electron chi connectivity index (χ0n) is 13.4. The normalized spacial score (nSPS) is 10.2. The number of amides is 1. The van der Waals surface area contributed by atoms with Crippen molar-refractivity contribution in [3.63, 3.8) is 0 Å². The molecule has 1 N–H and O–H groups in total. The monoisotopic (exact) mass is 346 g/mol. The highest BCUT2D eigenvalue weighted by Crippen LogP contribution is 2.29. The van der Waals surface area contributed by atoms with Gasteiger partial charge < -0.3 is 10.1 Å². The maximum Gasteiger partial charge on any atom is 0.273 e. The molecule has 0 unspecified atom stereocenters. The summed E-state index contributed by atoms with van der Waals surface area (Å²) in [5.41, 5.74) is 2.73. The van der Waals surface area contributed by atoms with Crippen LogP contribution in [0.5, 0.6) is 5.75 Å². The van der Waals surface area contributed by atoms with E-state index in [9.17, 15) is 14.9 Å². The van der Waals surface area contributed by atoms with E-state index in [1.165, 1.54) is 48.2 Å².